The van der Waals surface area contributed by atoms with Crippen molar-refractivity contribution < 1.29 is 33.2 Å². The number of thioether (sulfide) groups is 1. The predicted molar refractivity (Wildman–Crippen MR) is 119 cm³/mol. The molecule has 7 nitrogen and oxygen atoms in total. The molecule has 1 heterocycles. The highest BCUT2D eigenvalue weighted by Gasteiger charge is 2.44. The van der Waals surface area contributed by atoms with E-state index in [2.05, 4.69) is 26.4 Å². The number of benzene rings is 2. The van der Waals surface area contributed by atoms with E-state index >= 15 is 0 Å². The minimum absolute atomic E-state index is 0.236. The van der Waals surface area contributed by atoms with Gasteiger partial charge in [-0.1, -0.05) is 23.4 Å². The van der Waals surface area contributed by atoms with Gasteiger partial charge in [-0.2, -0.15) is 5.11 Å². The summed E-state index contributed by atoms with van der Waals surface area (Å²) in [5.41, 5.74) is 5.83. The lowest BCUT2D eigenvalue weighted by Crippen LogP contribution is -2.61. The van der Waals surface area contributed by atoms with Gasteiger partial charge >= 0.3 is 0 Å². The Bertz CT molecular complexity index is 1040. The molecule has 5 N–H and O–H groups in total. The summed E-state index contributed by atoms with van der Waals surface area (Å²) in [6.07, 6.45) is -2.73. The van der Waals surface area contributed by atoms with E-state index in [-0.39, 0.29) is 11.3 Å². The third-order valence-corrected chi connectivity index (χ3v) is 7.20. The quantitative estimate of drug-likeness (QED) is 0.254. The second-order valence-corrected chi connectivity index (χ2v) is 9.42. The van der Waals surface area contributed by atoms with Gasteiger partial charge in [-0.25, -0.2) is 18.7 Å². The van der Waals surface area contributed by atoms with Gasteiger partial charge in [-0.3, -0.25) is 0 Å². The van der Waals surface area contributed by atoms with Crippen molar-refractivity contribution in [3.8, 4) is 0 Å². The topological polar surface area (TPSA) is 118 Å². The van der Waals surface area contributed by atoms with Crippen LogP contribution in [0.25, 0.3) is 5.70 Å². The van der Waals surface area contributed by atoms with Crippen molar-refractivity contribution in [3.05, 3.63) is 69.0 Å². The summed E-state index contributed by atoms with van der Waals surface area (Å²) in [6.45, 7) is -0.554. The second-order valence-electron chi connectivity index (χ2n) is 6.99. The fourth-order valence-corrected chi connectivity index (χ4v) is 4.88. The first-order chi connectivity index (χ1) is 15.7. The van der Waals surface area contributed by atoms with E-state index in [0.717, 1.165) is 18.0 Å². The average Bonchev–Trinajstić information content (AvgIpc) is 2.78. The van der Waals surface area contributed by atoms with Crippen molar-refractivity contribution in [1.82, 2.24) is 5.32 Å². The molecule has 1 aliphatic heterocycles. The number of aliphatic hydroxyl groups is 3. The molecule has 0 amide bonds. The summed E-state index contributed by atoms with van der Waals surface area (Å²) in [5.74, 6) is -4.58. The number of ether oxygens (including phenoxy) is 1. The summed E-state index contributed by atoms with van der Waals surface area (Å²) in [7, 11) is 0. The van der Waals surface area contributed by atoms with E-state index in [1.165, 1.54) is 0 Å². The predicted octanol–water partition coefficient (Wildman–Crippen LogP) is 4.04. The fraction of sp³-hybridized carbons (Fsp3) is 0.300. The number of nitrogens with zero attached hydrogens (tertiary/aromatic N) is 1. The van der Waals surface area contributed by atoms with E-state index in [4.69, 9.17) is 21.9 Å². The minimum Gasteiger partial charge on any atom is -0.394 e. The molecule has 0 radical (unpaired) electrons. The Morgan fingerprint density at radius 2 is 1.88 bits per heavy atom. The van der Waals surface area contributed by atoms with Gasteiger partial charge in [0.1, 0.15) is 29.4 Å². The maximum absolute atomic E-state index is 13.6. The molecule has 0 aromatic heterocycles. The molecule has 1 aliphatic rings. The Balaban J connectivity index is 1.84. The highest BCUT2D eigenvalue weighted by Crippen LogP contribution is 2.36. The van der Waals surface area contributed by atoms with Gasteiger partial charge in [-0.05, 0) is 46.3 Å². The van der Waals surface area contributed by atoms with E-state index in [0.29, 0.717) is 26.5 Å². The molecule has 1 saturated heterocycles. The van der Waals surface area contributed by atoms with Crippen LogP contribution >= 0.6 is 39.3 Å². The first-order valence-electron chi connectivity index (χ1n) is 9.39. The Labute approximate surface area is 204 Å². The summed E-state index contributed by atoms with van der Waals surface area (Å²) in [5, 5.41) is 37.3. The van der Waals surface area contributed by atoms with Crippen molar-refractivity contribution >= 4 is 45.0 Å². The van der Waals surface area contributed by atoms with Crippen LogP contribution in [-0.4, -0.2) is 51.7 Å². The molecule has 2 aromatic rings. The molecular formula is C20H18BrClF3N3O4S. The maximum atomic E-state index is 13.6. The fourth-order valence-electron chi connectivity index (χ4n) is 3.12. The van der Waals surface area contributed by atoms with Gasteiger partial charge in [0.15, 0.2) is 17.5 Å². The summed E-state index contributed by atoms with van der Waals surface area (Å²) >= 11 is 10.4. The molecule has 13 heteroatoms. The lowest BCUT2D eigenvalue weighted by molar-refractivity contribution is -0.164. The Hall–Kier alpha value is -1.67. The van der Waals surface area contributed by atoms with Crippen LogP contribution in [0.5, 0.6) is 0 Å². The standard InChI is InChI=1S/C20H18BrClF3N3O4S/c21-10-5-9(1-2-11(10)22)33-20-19(31)17(18(30)15(7-29)32-20)27-6-14(28-26)8-3-12(23)16(25)13(24)4-8/h1-6,15,17-20,26-27,29-31H,7H2/b14-6-,28-26?/t15?,17?,18-,19?,20+/m0/s1. The Morgan fingerprint density at radius 1 is 1.21 bits per heavy atom. The van der Waals surface area contributed by atoms with E-state index in [1.807, 2.05) is 0 Å². The summed E-state index contributed by atoms with van der Waals surface area (Å²) < 4.78 is 46.6. The molecule has 0 bridgehead atoms. The van der Waals surface area contributed by atoms with Crippen molar-refractivity contribution in [1.29, 1.82) is 5.53 Å². The largest absolute Gasteiger partial charge is 0.394 e. The number of hydrogen-bond donors (Lipinski definition) is 5. The van der Waals surface area contributed by atoms with Crippen LogP contribution in [0.2, 0.25) is 5.02 Å². The van der Waals surface area contributed by atoms with Gasteiger partial charge in [0.25, 0.3) is 0 Å². The zero-order valence-electron chi connectivity index (χ0n) is 16.6. The van der Waals surface area contributed by atoms with E-state index in [9.17, 15) is 28.5 Å². The molecule has 0 aliphatic carbocycles. The zero-order valence-corrected chi connectivity index (χ0v) is 19.7. The van der Waals surface area contributed by atoms with Gasteiger partial charge in [0.2, 0.25) is 0 Å². The number of rotatable bonds is 7. The zero-order chi connectivity index (χ0) is 24.3. The van der Waals surface area contributed by atoms with Gasteiger partial charge < -0.3 is 25.4 Å². The first-order valence-corrected chi connectivity index (χ1v) is 11.4. The third-order valence-electron chi connectivity index (χ3n) is 4.84. The van der Waals surface area contributed by atoms with Crippen LogP contribution in [0.15, 0.2) is 51.0 Å². The minimum atomic E-state index is -1.66. The molecule has 0 spiro atoms. The second kappa shape index (κ2) is 11.2. The number of halogens is 5. The van der Waals surface area contributed by atoms with Crippen molar-refractivity contribution in [2.45, 2.75) is 34.7 Å². The average molecular weight is 569 g/mol. The van der Waals surface area contributed by atoms with Crippen LogP contribution < -0.4 is 5.32 Å². The smallest absolute Gasteiger partial charge is 0.194 e. The number of nitrogens with one attached hydrogen (secondary N) is 2. The lowest BCUT2D eigenvalue weighted by Gasteiger charge is -2.42. The monoisotopic (exact) mass is 567 g/mol. The van der Waals surface area contributed by atoms with Crippen LogP contribution in [0.3, 0.4) is 0 Å². The van der Waals surface area contributed by atoms with E-state index in [1.54, 1.807) is 18.2 Å². The molecule has 178 valence electrons. The SMILES string of the molecule is N=N/C(=C\NC1C(O)[C@@H](Sc2ccc(Cl)c(Br)c2)OC(CO)[C@@H]1O)c1cc(F)c(F)c(F)c1. The Kier molecular flexibility index (Phi) is 8.78. The molecular weight excluding hydrogens is 551 g/mol. The van der Waals surface area contributed by atoms with Crippen LogP contribution in [-0.2, 0) is 4.74 Å². The normalized spacial score (nSPS) is 25.7. The number of aliphatic hydroxyl groups excluding tert-OH is 3. The molecule has 5 atom stereocenters. The van der Waals surface area contributed by atoms with Crippen LogP contribution in [0.4, 0.5) is 13.2 Å². The van der Waals surface area contributed by atoms with Crippen LogP contribution in [0.1, 0.15) is 5.56 Å². The van der Waals surface area contributed by atoms with Crippen molar-refractivity contribution in [3.63, 3.8) is 0 Å². The summed E-state index contributed by atoms with van der Waals surface area (Å²) in [6, 6.07) is 5.26. The molecule has 33 heavy (non-hydrogen) atoms. The molecule has 3 rings (SSSR count). The number of hydrogen-bond acceptors (Lipinski definition) is 8. The van der Waals surface area contributed by atoms with Crippen molar-refractivity contribution in [2.75, 3.05) is 6.61 Å². The Morgan fingerprint density at radius 3 is 2.45 bits per heavy atom. The van der Waals surface area contributed by atoms with Crippen LogP contribution in [0, 0.1) is 23.0 Å². The van der Waals surface area contributed by atoms with Gasteiger partial charge in [-0.15, -0.1) is 0 Å². The third kappa shape index (κ3) is 5.88. The van der Waals surface area contributed by atoms with Gasteiger partial charge in [0, 0.05) is 21.1 Å². The summed E-state index contributed by atoms with van der Waals surface area (Å²) in [4.78, 5) is 0.678. The van der Waals surface area contributed by atoms with Crippen molar-refractivity contribution in [2.24, 2.45) is 5.11 Å². The maximum Gasteiger partial charge on any atom is 0.194 e. The van der Waals surface area contributed by atoms with E-state index < -0.39 is 53.8 Å². The highest BCUT2D eigenvalue weighted by molar-refractivity contribution is 9.10. The highest BCUT2D eigenvalue weighted by atomic mass is 79.9. The van der Waals surface area contributed by atoms with Gasteiger partial charge in [0.05, 0.1) is 17.7 Å². The molecule has 3 unspecified atom stereocenters. The molecule has 2 aromatic carbocycles. The molecule has 1 fully saturated rings. The lowest BCUT2D eigenvalue weighted by atomic mass is 9.97. The first kappa shape index (κ1) is 25.9. The molecule has 0 saturated carbocycles.